The molecule has 0 fully saturated rings. The number of aliphatic hydroxyl groups excluding tert-OH is 1. The molecule has 1 unspecified atom stereocenters. The maximum atomic E-state index is 10.4. The van der Waals surface area contributed by atoms with E-state index in [0.717, 1.165) is 16.5 Å². The fourth-order valence-electron chi connectivity index (χ4n) is 2.58. The average molecular weight is 319 g/mol. The molecule has 0 saturated heterocycles. The number of aromatic nitrogens is 1. The fourth-order valence-corrected chi connectivity index (χ4v) is 2.58. The molecule has 3 aromatic rings. The molecule has 3 rings (SSSR count). The number of benzene rings is 2. The van der Waals surface area contributed by atoms with Crippen LogP contribution in [0.15, 0.2) is 54.7 Å². The molecule has 0 amide bonds. The molecule has 1 aromatic heterocycles. The van der Waals surface area contributed by atoms with Crippen molar-refractivity contribution >= 4 is 16.6 Å². The lowest BCUT2D eigenvalue weighted by molar-refractivity contribution is 0.191. The largest absolute Gasteiger partial charge is 0.497 e. The number of para-hydroxylation sites is 1. The summed E-state index contributed by atoms with van der Waals surface area (Å²) in [4.78, 5) is 4.28. The summed E-state index contributed by atoms with van der Waals surface area (Å²) in [5, 5.41) is 23.8. The summed E-state index contributed by atoms with van der Waals surface area (Å²) < 4.78 is 5.18. The fraction of sp³-hybridized carbons (Fsp3) is 0.158. The number of aliphatic hydroxyl groups is 1. The molecule has 1 atom stereocenters. The summed E-state index contributed by atoms with van der Waals surface area (Å²) in [5.41, 5.74) is 2.69. The first-order chi connectivity index (χ1) is 11.7. The van der Waals surface area contributed by atoms with Gasteiger partial charge in [0.1, 0.15) is 11.8 Å². The first-order valence-corrected chi connectivity index (χ1v) is 7.56. The second-order valence-electron chi connectivity index (χ2n) is 5.35. The predicted octanol–water partition coefficient (Wildman–Crippen LogP) is 3.26. The number of nitrogens with one attached hydrogen (secondary N) is 1. The lowest BCUT2D eigenvalue weighted by Gasteiger charge is -2.16. The maximum absolute atomic E-state index is 10.4. The van der Waals surface area contributed by atoms with Crippen molar-refractivity contribution < 1.29 is 9.84 Å². The molecule has 0 bridgehead atoms. The lowest BCUT2D eigenvalue weighted by Crippen LogP contribution is -2.13. The van der Waals surface area contributed by atoms with Crippen LogP contribution in [0.2, 0.25) is 0 Å². The summed E-state index contributed by atoms with van der Waals surface area (Å²) in [5.74, 6) is 0.693. The summed E-state index contributed by atoms with van der Waals surface area (Å²) >= 11 is 0. The Morgan fingerprint density at radius 3 is 2.88 bits per heavy atom. The highest BCUT2D eigenvalue weighted by molar-refractivity contribution is 5.93. The third kappa shape index (κ3) is 3.14. The van der Waals surface area contributed by atoms with Gasteiger partial charge in [-0.1, -0.05) is 30.3 Å². The highest BCUT2D eigenvalue weighted by atomic mass is 16.5. The molecular formula is C19H17N3O2. The predicted molar refractivity (Wildman–Crippen MR) is 92.9 cm³/mol. The van der Waals surface area contributed by atoms with E-state index in [1.54, 1.807) is 19.4 Å². The minimum Gasteiger partial charge on any atom is -0.497 e. The summed E-state index contributed by atoms with van der Waals surface area (Å²) in [6.07, 6.45) is 0.821. The van der Waals surface area contributed by atoms with E-state index >= 15 is 0 Å². The second kappa shape index (κ2) is 6.99. The molecule has 2 N–H and O–H groups in total. The molecule has 0 aliphatic heterocycles. The molecule has 0 aliphatic carbocycles. The topological polar surface area (TPSA) is 78.2 Å². The van der Waals surface area contributed by atoms with Crippen LogP contribution in [-0.4, -0.2) is 23.7 Å². The normalized spacial score (nSPS) is 11.7. The van der Waals surface area contributed by atoms with Gasteiger partial charge in [-0.15, -0.1) is 0 Å². The smallest absolute Gasteiger partial charge is 0.119 e. The molecule has 2 aromatic carbocycles. The van der Waals surface area contributed by atoms with Crippen LogP contribution < -0.4 is 10.1 Å². The molecule has 1 heterocycles. The molecule has 0 aliphatic rings. The van der Waals surface area contributed by atoms with Crippen LogP contribution in [0.5, 0.6) is 5.75 Å². The molecular weight excluding hydrogens is 302 g/mol. The number of nitriles is 1. The number of fused-ring (bicyclic) bond motifs is 1. The monoisotopic (exact) mass is 319 g/mol. The first-order valence-electron chi connectivity index (χ1n) is 7.56. The Morgan fingerprint density at radius 2 is 2.08 bits per heavy atom. The van der Waals surface area contributed by atoms with E-state index in [2.05, 4.69) is 16.4 Å². The van der Waals surface area contributed by atoms with Crippen molar-refractivity contribution in [3.8, 4) is 11.8 Å². The van der Waals surface area contributed by atoms with E-state index in [4.69, 9.17) is 4.74 Å². The molecule has 120 valence electrons. The van der Waals surface area contributed by atoms with Crippen molar-refractivity contribution in [3.63, 3.8) is 0 Å². The molecule has 5 heteroatoms. The van der Waals surface area contributed by atoms with Crippen molar-refractivity contribution in [1.29, 1.82) is 5.26 Å². The quantitative estimate of drug-likeness (QED) is 0.754. The summed E-state index contributed by atoms with van der Waals surface area (Å²) in [7, 11) is 1.59. The Morgan fingerprint density at radius 1 is 1.25 bits per heavy atom. The van der Waals surface area contributed by atoms with Crippen molar-refractivity contribution in [1.82, 2.24) is 4.98 Å². The van der Waals surface area contributed by atoms with Crippen LogP contribution in [0, 0.1) is 11.3 Å². The number of nitrogens with zero attached hydrogens (tertiary/aromatic N) is 2. The molecule has 0 radical (unpaired) electrons. The van der Waals surface area contributed by atoms with Gasteiger partial charge in [0.2, 0.25) is 0 Å². The van der Waals surface area contributed by atoms with Crippen LogP contribution in [0.3, 0.4) is 0 Å². The van der Waals surface area contributed by atoms with Gasteiger partial charge in [0.15, 0.2) is 0 Å². The van der Waals surface area contributed by atoms with Crippen LogP contribution >= 0.6 is 0 Å². The van der Waals surface area contributed by atoms with Crippen molar-refractivity contribution in [3.05, 3.63) is 65.9 Å². The van der Waals surface area contributed by atoms with Crippen LogP contribution in [0.25, 0.3) is 10.9 Å². The third-order valence-corrected chi connectivity index (χ3v) is 3.85. The molecule has 5 nitrogen and oxygen atoms in total. The van der Waals surface area contributed by atoms with Gasteiger partial charge in [-0.2, -0.15) is 5.26 Å². The van der Waals surface area contributed by atoms with Crippen molar-refractivity contribution in [2.24, 2.45) is 0 Å². The van der Waals surface area contributed by atoms with E-state index < -0.39 is 6.10 Å². The zero-order chi connectivity index (χ0) is 16.9. The van der Waals surface area contributed by atoms with Gasteiger partial charge in [-0.05, 0) is 23.8 Å². The average Bonchev–Trinajstić information content (AvgIpc) is 2.65. The number of anilines is 1. The number of ether oxygens (including phenoxy) is 1. The van der Waals surface area contributed by atoms with E-state index in [9.17, 15) is 10.4 Å². The van der Waals surface area contributed by atoms with Crippen LogP contribution in [-0.2, 0) is 0 Å². The van der Waals surface area contributed by atoms with Gasteiger partial charge < -0.3 is 15.2 Å². The molecule has 0 spiro atoms. The minimum atomic E-state index is -0.724. The SMILES string of the molecule is COc1cccc(C(O)CNc2c(C#N)cnc3ccccc23)c1. The van der Waals surface area contributed by atoms with Gasteiger partial charge in [0.05, 0.1) is 30.0 Å². The van der Waals surface area contributed by atoms with Crippen LogP contribution in [0.4, 0.5) is 5.69 Å². The van der Waals surface area contributed by atoms with Gasteiger partial charge in [0.25, 0.3) is 0 Å². The zero-order valence-corrected chi connectivity index (χ0v) is 13.2. The number of hydrogen-bond donors (Lipinski definition) is 2. The zero-order valence-electron chi connectivity index (χ0n) is 13.2. The lowest BCUT2D eigenvalue weighted by atomic mass is 10.1. The number of rotatable bonds is 5. The number of pyridine rings is 1. The molecule has 24 heavy (non-hydrogen) atoms. The Balaban J connectivity index is 1.86. The van der Waals surface area contributed by atoms with Gasteiger partial charge in [0, 0.05) is 18.1 Å². The Hall–Kier alpha value is -3.10. The van der Waals surface area contributed by atoms with E-state index in [1.165, 1.54) is 0 Å². The Bertz CT molecular complexity index is 902. The van der Waals surface area contributed by atoms with Crippen LogP contribution in [0.1, 0.15) is 17.2 Å². The molecule has 0 saturated carbocycles. The third-order valence-electron chi connectivity index (χ3n) is 3.85. The highest BCUT2D eigenvalue weighted by Crippen LogP contribution is 2.26. The summed E-state index contributed by atoms with van der Waals surface area (Å²) in [6, 6.07) is 17.0. The Labute approximate surface area is 140 Å². The second-order valence-corrected chi connectivity index (χ2v) is 5.35. The highest BCUT2D eigenvalue weighted by Gasteiger charge is 2.12. The maximum Gasteiger partial charge on any atom is 0.119 e. The van der Waals surface area contributed by atoms with E-state index in [0.29, 0.717) is 17.0 Å². The Kier molecular flexibility index (Phi) is 4.59. The van der Waals surface area contributed by atoms with Gasteiger partial charge in [-0.3, -0.25) is 4.98 Å². The van der Waals surface area contributed by atoms with Crippen molar-refractivity contribution in [2.45, 2.75) is 6.10 Å². The number of hydrogen-bond acceptors (Lipinski definition) is 5. The summed E-state index contributed by atoms with van der Waals surface area (Å²) in [6.45, 7) is 0.274. The van der Waals surface area contributed by atoms with Crippen molar-refractivity contribution in [2.75, 3.05) is 19.0 Å². The van der Waals surface area contributed by atoms with E-state index in [-0.39, 0.29) is 6.54 Å². The van der Waals surface area contributed by atoms with Gasteiger partial charge >= 0.3 is 0 Å². The first kappa shape index (κ1) is 15.8. The number of methoxy groups -OCH3 is 1. The van der Waals surface area contributed by atoms with Gasteiger partial charge in [-0.25, -0.2) is 0 Å². The standard InChI is InChI=1S/C19H17N3O2/c1-24-15-6-4-5-13(9-15)18(23)12-22-19-14(10-20)11-21-17-8-3-2-7-16(17)19/h2-9,11,18,23H,12H2,1H3,(H,21,22). The minimum absolute atomic E-state index is 0.274. The van der Waals surface area contributed by atoms with E-state index in [1.807, 2.05) is 42.5 Å².